The third-order valence-electron chi connectivity index (χ3n) is 3.82. The number of fused-ring (bicyclic) bond motifs is 1. The number of nitrogens with two attached hydrogens (primary N) is 1. The molecule has 0 saturated carbocycles. The molecular formula is C17H17N3O3S. The van der Waals surface area contributed by atoms with E-state index in [0.29, 0.717) is 16.8 Å². The Kier molecular flexibility index (Phi) is 3.90. The van der Waals surface area contributed by atoms with Crippen LogP contribution in [0.1, 0.15) is 11.1 Å². The maximum absolute atomic E-state index is 12.2. The Bertz CT molecular complexity index is 946. The number of benzene rings is 2. The van der Waals surface area contributed by atoms with E-state index in [1.54, 1.807) is 12.1 Å². The number of anilines is 2. The molecule has 3 N–H and O–H groups in total. The van der Waals surface area contributed by atoms with E-state index in [1.807, 2.05) is 43.3 Å². The monoisotopic (exact) mass is 343 g/mol. The first-order valence-corrected chi connectivity index (χ1v) is 8.78. The summed E-state index contributed by atoms with van der Waals surface area (Å²) >= 11 is 0. The van der Waals surface area contributed by atoms with Crippen molar-refractivity contribution in [3.63, 3.8) is 0 Å². The summed E-state index contributed by atoms with van der Waals surface area (Å²) in [6, 6.07) is 12.0. The van der Waals surface area contributed by atoms with E-state index in [0.717, 1.165) is 11.3 Å². The summed E-state index contributed by atoms with van der Waals surface area (Å²) in [5.41, 5.74) is 3.41. The van der Waals surface area contributed by atoms with Crippen molar-refractivity contribution in [3.8, 4) is 0 Å². The molecule has 1 heterocycles. The molecule has 0 aliphatic carbocycles. The quantitative estimate of drug-likeness (QED) is 0.833. The highest BCUT2D eigenvalue weighted by Gasteiger charge is 2.25. The van der Waals surface area contributed by atoms with Gasteiger partial charge in [0.2, 0.25) is 10.0 Å². The zero-order chi connectivity index (χ0) is 17.5. The van der Waals surface area contributed by atoms with E-state index in [9.17, 15) is 13.2 Å². The Balaban J connectivity index is 2.05. The molecule has 2 aromatic carbocycles. The molecular weight excluding hydrogens is 326 g/mol. The van der Waals surface area contributed by atoms with E-state index < -0.39 is 10.0 Å². The van der Waals surface area contributed by atoms with Crippen LogP contribution in [0.2, 0.25) is 0 Å². The van der Waals surface area contributed by atoms with Crippen LogP contribution in [-0.2, 0) is 14.8 Å². The van der Waals surface area contributed by atoms with Gasteiger partial charge in [0.05, 0.1) is 4.90 Å². The fourth-order valence-electron chi connectivity index (χ4n) is 2.52. The Hall–Kier alpha value is -2.64. The Morgan fingerprint density at radius 2 is 1.75 bits per heavy atom. The summed E-state index contributed by atoms with van der Waals surface area (Å²) in [6.07, 6.45) is 1.73. The minimum absolute atomic E-state index is 0.0217. The highest BCUT2D eigenvalue weighted by atomic mass is 32.2. The smallest absolute Gasteiger partial charge is 0.256 e. The molecule has 124 valence electrons. The van der Waals surface area contributed by atoms with Gasteiger partial charge in [0.1, 0.15) is 0 Å². The number of hydrogen-bond acceptors (Lipinski definition) is 4. The lowest BCUT2D eigenvalue weighted by atomic mass is 10.0. The van der Waals surface area contributed by atoms with Crippen LogP contribution in [0.4, 0.5) is 11.4 Å². The van der Waals surface area contributed by atoms with Crippen LogP contribution in [0.3, 0.4) is 0 Å². The molecule has 24 heavy (non-hydrogen) atoms. The summed E-state index contributed by atoms with van der Waals surface area (Å²) in [4.78, 5) is 14.2. The first-order valence-electron chi connectivity index (χ1n) is 7.23. The van der Waals surface area contributed by atoms with E-state index in [-0.39, 0.29) is 10.8 Å². The highest BCUT2D eigenvalue weighted by molar-refractivity contribution is 7.89. The first kappa shape index (κ1) is 16.2. The molecule has 1 aliphatic heterocycles. The van der Waals surface area contributed by atoms with Crippen molar-refractivity contribution in [3.05, 3.63) is 53.6 Å². The van der Waals surface area contributed by atoms with E-state index in [2.05, 4.69) is 5.32 Å². The van der Waals surface area contributed by atoms with E-state index in [4.69, 9.17) is 5.14 Å². The molecule has 6 nitrogen and oxygen atoms in total. The van der Waals surface area contributed by atoms with Gasteiger partial charge in [-0.05, 0) is 42.0 Å². The molecule has 2 aromatic rings. The first-order chi connectivity index (χ1) is 11.3. The lowest BCUT2D eigenvalue weighted by Crippen LogP contribution is -2.12. The van der Waals surface area contributed by atoms with Gasteiger partial charge in [-0.25, -0.2) is 13.6 Å². The average molecular weight is 343 g/mol. The number of hydrogen-bond donors (Lipinski definition) is 2. The van der Waals surface area contributed by atoms with Crippen LogP contribution in [-0.4, -0.2) is 28.4 Å². The summed E-state index contributed by atoms with van der Waals surface area (Å²) in [6.45, 7) is 0. The van der Waals surface area contributed by atoms with Gasteiger partial charge in [0.15, 0.2) is 0 Å². The number of carbonyl (C=O) groups excluding carboxylic acids is 1. The van der Waals surface area contributed by atoms with Crippen molar-refractivity contribution in [2.75, 3.05) is 24.3 Å². The molecule has 0 atom stereocenters. The van der Waals surface area contributed by atoms with Crippen LogP contribution in [0, 0.1) is 0 Å². The number of sulfonamides is 1. The average Bonchev–Trinajstić information content (AvgIpc) is 2.82. The summed E-state index contributed by atoms with van der Waals surface area (Å²) < 4.78 is 23.1. The largest absolute Gasteiger partial charge is 0.378 e. The van der Waals surface area contributed by atoms with Crippen molar-refractivity contribution >= 4 is 39.0 Å². The van der Waals surface area contributed by atoms with Crippen LogP contribution in [0.5, 0.6) is 0 Å². The van der Waals surface area contributed by atoms with Gasteiger partial charge in [-0.2, -0.15) is 0 Å². The molecule has 1 amide bonds. The number of carbonyl (C=O) groups is 1. The highest BCUT2D eigenvalue weighted by Crippen LogP contribution is 2.34. The van der Waals surface area contributed by atoms with Crippen LogP contribution >= 0.6 is 0 Å². The third-order valence-corrected chi connectivity index (χ3v) is 4.73. The van der Waals surface area contributed by atoms with Crippen LogP contribution in [0.15, 0.2) is 47.4 Å². The summed E-state index contributed by atoms with van der Waals surface area (Å²) in [5, 5.41) is 7.90. The number of amides is 1. The predicted molar refractivity (Wildman–Crippen MR) is 95.1 cm³/mol. The Morgan fingerprint density at radius 1 is 1.08 bits per heavy atom. The van der Waals surface area contributed by atoms with Gasteiger partial charge in [-0.15, -0.1) is 0 Å². The number of nitrogens with one attached hydrogen (secondary N) is 1. The van der Waals surface area contributed by atoms with Gasteiger partial charge in [0, 0.05) is 36.6 Å². The summed E-state index contributed by atoms with van der Waals surface area (Å²) in [5.74, 6) is -0.270. The molecule has 0 unspecified atom stereocenters. The van der Waals surface area contributed by atoms with Gasteiger partial charge in [-0.3, -0.25) is 4.79 Å². The molecule has 1 aliphatic rings. The standard InChI is InChI=1S/C17H17N3O3S/c1-20(2)12-5-3-11(4-6-12)9-15-14-10-13(24(18,22)23)7-8-16(14)19-17(15)21/h3-10H,1-2H3,(H,19,21)(H2,18,22,23)/b15-9+. The second kappa shape index (κ2) is 5.77. The molecule has 0 saturated heterocycles. The fourth-order valence-corrected chi connectivity index (χ4v) is 3.06. The zero-order valence-corrected chi connectivity index (χ0v) is 14.1. The summed E-state index contributed by atoms with van der Waals surface area (Å²) in [7, 11) is 0.0696. The molecule has 0 radical (unpaired) electrons. The lowest BCUT2D eigenvalue weighted by Gasteiger charge is -2.12. The number of nitrogens with zero attached hydrogens (tertiary/aromatic N) is 1. The SMILES string of the molecule is CN(C)c1ccc(/C=C2/C(=O)Nc3ccc(S(N)(=O)=O)cc32)cc1. The van der Waals surface area contributed by atoms with Crippen molar-refractivity contribution in [1.82, 2.24) is 0 Å². The second-order valence-corrected chi connectivity index (χ2v) is 7.31. The normalized spacial score (nSPS) is 15.3. The van der Waals surface area contributed by atoms with Gasteiger partial charge in [0.25, 0.3) is 5.91 Å². The minimum Gasteiger partial charge on any atom is -0.378 e. The molecule has 0 aromatic heterocycles. The van der Waals surface area contributed by atoms with Crippen LogP contribution < -0.4 is 15.4 Å². The Morgan fingerprint density at radius 3 is 2.33 bits per heavy atom. The number of rotatable bonds is 3. The maximum atomic E-state index is 12.2. The fraction of sp³-hybridized carbons (Fsp3) is 0.118. The molecule has 7 heteroatoms. The van der Waals surface area contributed by atoms with E-state index in [1.165, 1.54) is 12.1 Å². The maximum Gasteiger partial charge on any atom is 0.256 e. The minimum atomic E-state index is -3.83. The predicted octanol–water partition coefficient (Wildman–Crippen LogP) is 1.89. The van der Waals surface area contributed by atoms with Crippen molar-refractivity contribution < 1.29 is 13.2 Å². The Labute approximate surface area is 140 Å². The zero-order valence-electron chi connectivity index (χ0n) is 13.3. The van der Waals surface area contributed by atoms with E-state index >= 15 is 0 Å². The van der Waals surface area contributed by atoms with Crippen molar-refractivity contribution in [1.29, 1.82) is 0 Å². The third kappa shape index (κ3) is 3.04. The molecule has 0 bridgehead atoms. The molecule has 3 rings (SSSR count). The van der Waals surface area contributed by atoms with Gasteiger partial charge in [-0.1, -0.05) is 12.1 Å². The topological polar surface area (TPSA) is 92.5 Å². The number of primary sulfonamides is 1. The van der Waals surface area contributed by atoms with Gasteiger partial charge < -0.3 is 10.2 Å². The van der Waals surface area contributed by atoms with Gasteiger partial charge >= 0.3 is 0 Å². The lowest BCUT2D eigenvalue weighted by molar-refractivity contribution is -0.110. The second-order valence-electron chi connectivity index (χ2n) is 5.75. The van der Waals surface area contributed by atoms with Crippen molar-refractivity contribution in [2.45, 2.75) is 4.90 Å². The van der Waals surface area contributed by atoms with Crippen molar-refractivity contribution in [2.24, 2.45) is 5.14 Å². The molecule has 0 fully saturated rings. The van der Waals surface area contributed by atoms with Crippen LogP contribution in [0.25, 0.3) is 11.6 Å². The molecule has 0 spiro atoms.